The van der Waals surface area contributed by atoms with Gasteiger partial charge in [0.15, 0.2) is 0 Å². The summed E-state index contributed by atoms with van der Waals surface area (Å²) in [4.78, 5) is 31.8. The van der Waals surface area contributed by atoms with Gasteiger partial charge < -0.3 is 24.0 Å². The van der Waals surface area contributed by atoms with E-state index in [2.05, 4.69) is 4.98 Å². The average Bonchev–Trinajstić information content (AvgIpc) is 3.46. The van der Waals surface area contributed by atoms with Crippen molar-refractivity contribution in [2.75, 3.05) is 13.7 Å². The Labute approximate surface area is 204 Å². The SMILES string of the molecule is COc1ccc(/C(O)=C2/C(=O)C(=O)N(CCCn3ccnc3)C2c2ccc(OC(C)C)cc2)cc1. The maximum absolute atomic E-state index is 13.2. The van der Waals surface area contributed by atoms with Crippen LogP contribution in [0.5, 0.6) is 11.5 Å². The van der Waals surface area contributed by atoms with Gasteiger partial charge in [0.05, 0.1) is 31.2 Å². The maximum atomic E-state index is 13.2. The summed E-state index contributed by atoms with van der Waals surface area (Å²) in [5.74, 6) is -0.225. The van der Waals surface area contributed by atoms with Gasteiger partial charge in [-0.3, -0.25) is 9.59 Å². The highest BCUT2D eigenvalue weighted by molar-refractivity contribution is 6.46. The van der Waals surface area contributed by atoms with Gasteiger partial charge in [0.25, 0.3) is 11.7 Å². The van der Waals surface area contributed by atoms with Crippen LogP contribution in [0.3, 0.4) is 0 Å². The standard InChI is InChI=1S/C27H29N3O5/c1-18(2)35-22-11-5-19(6-12-22)24-23(25(31)20-7-9-21(34-3)10-8-20)26(32)27(33)30(24)15-4-14-29-16-13-28-17-29/h5-13,16-18,24,31H,4,14-15H2,1-3H3/b25-23-. The van der Waals surface area contributed by atoms with Gasteiger partial charge in [-0.1, -0.05) is 12.1 Å². The number of aromatic nitrogens is 2. The molecule has 0 spiro atoms. The van der Waals surface area contributed by atoms with E-state index in [4.69, 9.17) is 9.47 Å². The molecular weight excluding hydrogens is 446 g/mol. The summed E-state index contributed by atoms with van der Waals surface area (Å²) in [6, 6.07) is 13.3. The summed E-state index contributed by atoms with van der Waals surface area (Å²) in [6.45, 7) is 4.88. The second-order valence-electron chi connectivity index (χ2n) is 8.61. The molecule has 0 aliphatic carbocycles. The average molecular weight is 476 g/mol. The Kier molecular flexibility index (Phi) is 7.19. The van der Waals surface area contributed by atoms with Crippen LogP contribution in [0.1, 0.15) is 37.4 Å². The van der Waals surface area contributed by atoms with Crippen molar-refractivity contribution >= 4 is 17.4 Å². The number of hydrogen-bond acceptors (Lipinski definition) is 6. The molecule has 1 aromatic heterocycles. The first-order chi connectivity index (χ1) is 16.9. The lowest BCUT2D eigenvalue weighted by Gasteiger charge is -2.25. The van der Waals surface area contributed by atoms with Gasteiger partial charge >= 0.3 is 0 Å². The van der Waals surface area contributed by atoms with Crippen LogP contribution in [0.2, 0.25) is 0 Å². The molecule has 0 radical (unpaired) electrons. The molecule has 2 aromatic carbocycles. The number of methoxy groups -OCH3 is 1. The van der Waals surface area contributed by atoms with Crippen LogP contribution < -0.4 is 9.47 Å². The van der Waals surface area contributed by atoms with E-state index < -0.39 is 17.7 Å². The normalized spacial score (nSPS) is 17.3. The van der Waals surface area contributed by atoms with Crippen molar-refractivity contribution in [2.24, 2.45) is 0 Å². The van der Waals surface area contributed by atoms with E-state index in [-0.39, 0.29) is 17.4 Å². The number of likely N-dealkylation sites (tertiary alicyclic amines) is 1. The lowest BCUT2D eigenvalue weighted by atomic mass is 9.95. The Bertz CT molecular complexity index is 1200. The number of imidazole rings is 1. The third kappa shape index (κ3) is 5.21. The largest absolute Gasteiger partial charge is 0.507 e. The number of aryl methyl sites for hydroxylation is 1. The summed E-state index contributed by atoms with van der Waals surface area (Å²) in [5, 5.41) is 11.2. The molecule has 8 nitrogen and oxygen atoms in total. The van der Waals surface area contributed by atoms with Crippen LogP contribution >= 0.6 is 0 Å². The van der Waals surface area contributed by atoms with E-state index in [1.54, 1.807) is 43.9 Å². The zero-order valence-corrected chi connectivity index (χ0v) is 20.0. The molecule has 3 aromatic rings. The first-order valence-corrected chi connectivity index (χ1v) is 11.5. The van der Waals surface area contributed by atoms with E-state index in [1.807, 2.05) is 48.9 Å². The number of ketones is 1. The highest BCUT2D eigenvalue weighted by Gasteiger charge is 2.45. The van der Waals surface area contributed by atoms with E-state index >= 15 is 0 Å². The Morgan fingerprint density at radius 2 is 1.71 bits per heavy atom. The number of aliphatic hydroxyl groups is 1. The number of carbonyl (C=O) groups is 2. The number of ether oxygens (including phenoxy) is 2. The molecule has 1 unspecified atom stereocenters. The van der Waals surface area contributed by atoms with Gasteiger partial charge in [-0.15, -0.1) is 0 Å². The van der Waals surface area contributed by atoms with Crippen LogP contribution in [0.25, 0.3) is 5.76 Å². The first-order valence-electron chi connectivity index (χ1n) is 11.5. The number of Topliss-reactive ketones (excluding diaryl/α,β-unsaturated/α-hetero) is 1. The predicted octanol–water partition coefficient (Wildman–Crippen LogP) is 4.19. The highest BCUT2D eigenvalue weighted by atomic mass is 16.5. The zero-order valence-electron chi connectivity index (χ0n) is 20.0. The molecule has 4 rings (SSSR count). The third-order valence-corrected chi connectivity index (χ3v) is 5.85. The predicted molar refractivity (Wildman–Crippen MR) is 131 cm³/mol. The molecule has 1 fully saturated rings. The van der Waals surface area contributed by atoms with Crippen molar-refractivity contribution < 1.29 is 24.2 Å². The van der Waals surface area contributed by atoms with Gasteiger partial charge in [-0.25, -0.2) is 4.98 Å². The Morgan fingerprint density at radius 3 is 2.31 bits per heavy atom. The monoisotopic (exact) mass is 475 g/mol. The second kappa shape index (κ2) is 10.5. The molecule has 0 saturated carbocycles. The number of amides is 1. The van der Waals surface area contributed by atoms with E-state index in [0.29, 0.717) is 36.6 Å². The fraction of sp³-hybridized carbons (Fsp3) is 0.296. The molecule has 35 heavy (non-hydrogen) atoms. The summed E-state index contributed by atoms with van der Waals surface area (Å²) in [6.07, 6.45) is 5.90. The van der Waals surface area contributed by atoms with E-state index in [0.717, 1.165) is 5.56 Å². The summed E-state index contributed by atoms with van der Waals surface area (Å²) >= 11 is 0. The minimum atomic E-state index is -0.715. The summed E-state index contributed by atoms with van der Waals surface area (Å²) in [7, 11) is 1.55. The number of benzene rings is 2. The Hall–Kier alpha value is -4.07. The molecule has 1 saturated heterocycles. The van der Waals surface area contributed by atoms with Gasteiger partial charge in [0, 0.05) is 31.0 Å². The number of hydrogen-bond donors (Lipinski definition) is 1. The topological polar surface area (TPSA) is 93.9 Å². The molecule has 2 heterocycles. The van der Waals surface area contributed by atoms with Crippen molar-refractivity contribution in [1.29, 1.82) is 0 Å². The van der Waals surface area contributed by atoms with Crippen LogP contribution in [0.4, 0.5) is 0 Å². The number of carbonyl (C=O) groups excluding carboxylic acids is 2. The summed E-state index contributed by atoms with van der Waals surface area (Å²) < 4.78 is 12.8. The minimum Gasteiger partial charge on any atom is -0.507 e. The van der Waals surface area contributed by atoms with E-state index in [1.165, 1.54) is 4.90 Å². The second-order valence-corrected chi connectivity index (χ2v) is 8.61. The van der Waals surface area contributed by atoms with Gasteiger partial charge in [0.2, 0.25) is 0 Å². The lowest BCUT2D eigenvalue weighted by Crippen LogP contribution is -2.31. The fourth-order valence-corrected chi connectivity index (χ4v) is 4.21. The van der Waals surface area contributed by atoms with Crippen LogP contribution in [0, 0.1) is 0 Å². The van der Waals surface area contributed by atoms with Gasteiger partial charge in [-0.05, 0) is 62.2 Å². The Morgan fingerprint density at radius 1 is 1.03 bits per heavy atom. The molecule has 1 atom stereocenters. The molecule has 1 aliphatic heterocycles. The highest BCUT2D eigenvalue weighted by Crippen LogP contribution is 2.40. The van der Waals surface area contributed by atoms with Crippen molar-refractivity contribution in [2.45, 2.75) is 39.0 Å². The first kappa shape index (κ1) is 24.1. The Balaban J connectivity index is 1.71. The van der Waals surface area contributed by atoms with Gasteiger partial charge in [-0.2, -0.15) is 0 Å². The number of nitrogens with zero attached hydrogens (tertiary/aromatic N) is 3. The van der Waals surface area contributed by atoms with Crippen LogP contribution in [-0.4, -0.2) is 51.0 Å². The van der Waals surface area contributed by atoms with Crippen molar-refractivity contribution in [3.63, 3.8) is 0 Å². The number of aliphatic hydroxyl groups excluding tert-OH is 1. The van der Waals surface area contributed by atoms with Crippen molar-refractivity contribution in [3.8, 4) is 11.5 Å². The number of rotatable bonds is 9. The van der Waals surface area contributed by atoms with E-state index in [9.17, 15) is 14.7 Å². The molecule has 1 amide bonds. The van der Waals surface area contributed by atoms with Crippen molar-refractivity contribution in [3.05, 3.63) is 84.0 Å². The molecule has 182 valence electrons. The van der Waals surface area contributed by atoms with Crippen molar-refractivity contribution in [1.82, 2.24) is 14.5 Å². The quantitative estimate of drug-likeness (QED) is 0.283. The van der Waals surface area contributed by atoms with Gasteiger partial charge in [0.1, 0.15) is 17.3 Å². The molecule has 1 aliphatic rings. The van der Waals surface area contributed by atoms with Crippen LogP contribution in [0.15, 0.2) is 72.8 Å². The minimum absolute atomic E-state index is 0.0183. The molecule has 1 N–H and O–H groups in total. The van der Waals surface area contributed by atoms with Crippen LogP contribution in [-0.2, 0) is 16.1 Å². The summed E-state index contributed by atoms with van der Waals surface area (Å²) in [5.41, 5.74) is 1.23. The lowest BCUT2D eigenvalue weighted by molar-refractivity contribution is -0.139. The maximum Gasteiger partial charge on any atom is 0.295 e. The smallest absolute Gasteiger partial charge is 0.295 e. The zero-order chi connectivity index (χ0) is 24.9. The third-order valence-electron chi connectivity index (χ3n) is 5.85. The molecule has 8 heteroatoms. The fourth-order valence-electron chi connectivity index (χ4n) is 4.21. The molecule has 0 bridgehead atoms. The molecular formula is C27H29N3O5.